The maximum Gasteiger partial charge on any atom is 0.137 e. The van der Waals surface area contributed by atoms with Crippen LogP contribution < -0.4 is 5.32 Å². The van der Waals surface area contributed by atoms with Crippen LogP contribution in [0.5, 0.6) is 0 Å². The third-order valence-electron chi connectivity index (χ3n) is 3.33. The molecule has 2 aromatic heterocycles. The second-order valence-corrected chi connectivity index (χ2v) is 5.69. The van der Waals surface area contributed by atoms with Crippen LogP contribution in [0.15, 0.2) is 30.6 Å². The molecule has 0 saturated carbocycles. The molecule has 0 aliphatic rings. The van der Waals surface area contributed by atoms with Crippen LogP contribution in [0.25, 0.3) is 5.65 Å². The van der Waals surface area contributed by atoms with E-state index < -0.39 is 0 Å². The summed E-state index contributed by atoms with van der Waals surface area (Å²) in [6.07, 6.45) is 4.13. The minimum absolute atomic E-state index is 0.486. The third-order valence-corrected chi connectivity index (χ3v) is 3.33. The lowest BCUT2D eigenvalue weighted by atomic mass is 10.0. The molecular formula is C15H24N4. The number of likely N-dealkylation sites (N-methyl/N-ethyl adjacent to an activating group) is 1. The molecule has 2 heterocycles. The van der Waals surface area contributed by atoms with Crippen molar-refractivity contribution in [2.75, 3.05) is 20.6 Å². The van der Waals surface area contributed by atoms with Crippen molar-refractivity contribution in [1.82, 2.24) is 19.6 Å². The molecule has 104 valence electrons. The monoisotopic (exact) mass is 260 g/mol. The summed E-state index contributed by atoms with van der Waals surface area (Å²) in [5.41, 5.74) is 2.10. The van der Waals surface area contributed by atoms with Gasteiger partial charge in [0.05, 0.1) is 5.69 Å². The number of imidazole rings is 1. The van der Waals surface area contributed by atoms with E-state index in [0.717, 1.165) is 24.4 Å². The smallest absolute Gasteiger partial charge is 0.137 e. The fraction of sp³-hybridized carbons (Fsp3) is 0.533. The zero-order valence-corrected chi connectivity index (χ0v) is 12.3. The molecule has 2 aromatic rings. The molecule has 0 bridgehead atoms. The van der Waals surface area contributed by atoms with Gasteiger partial charge in [0.15, 0.2) is 0 Å². The lowest BCUT2D eigenvalue weighted by Crippen LogP contribution is -2.41. The summed E-state index contributed by atoms with van der Waals surface area (Å²) in [5, 5.41) is 3.61. The lowest BCUT2D eigenvalue weighted by molar-refractivity contribution is 0.287. The highest BCUT2D eigenvalue weighted by Crippen LogP contribution is 2.07. The van der Waals surface area contributed by atoms with Crippen molar-refractivity contribution >= 4 is 5.65 Å². The first-order chi connectivity index (χ1) is 9.06. The van der Waals surface area contributed by atoms with Gasteiger partial charge in [0.2, 0.25) is 0 Å². The molecule has 2 rings (SSSR count). The van der Waals surface area contributed by atoms with Crippen LogP contribution >= 0.6 is 0 Å². The van der Waals surface area contributed by atoms with E-state index in [1.165, 1.54) is 0 Å². The Balaban J connectivity index is 2.00. The molecular weight excluding hydrogens is 236 g/mol. The Morgan fingerprint density at radius 1 is 1.32 bits per heavy atom. The highest BCUT2D eigenvalue weighted by Gasteiger charge is 2.14. The molecule has 1 N–H and O–H groups in total. The molecule has 4 nitrogen and oxygen atoms in total. The molecule has 0 aliphatic heterocycles. The Labute approximate surface area is 115 Å². The zero-order chi connectivity index (χ0) is 13.8. The minimum Gasteiger partial charge on any atom is -0.308 e. The summed E-state index contributed by atoms with van der Waals surface area (Å²) >= 11 is 0. The van der Waals surface area contributed by atoms with Crippen molar-refractivity contribution in [2.45, 2.75) is 26.4 Å². The number of pyridine rings is 1. The van der Waals surface area contributed by atoms with E-state index in [4.69, 9.17) is 0 Å². The molecule has 0 amide bonds. The molecule has 19 heavy (non-hydrogen) atoms. The number of nitrogens with one attached hydrogen (secondary N) is 1. The number of rotatable bonds is 6. The van der Waals surface area contributed by atoms with E-state index in [1.54, 1.807) is 0 Å². The number of nitrogens with zero attached hydrogens (tertiary/aromatic N) is 3. The van der Waals surface area contributed by atoms with E-state index in [0.29, 0.717) is 12.0 Å². The van der Waals surface area contributed by atoms with E-state index >= 15 is 0 Å². The number of aromatic nitrogens is 2. The number of hydrogen-bond donors (Lipinski definition) is 1. The predicted molar refractivity (Wildman–Crippen MR) is 79.2 cm³/mol. The van der Waals surface area contributed by atoms with Gasteiger partial charge in [0.1, 0.15) is 5.65 Å². The molecule has 0 saturated heterocycles. The molecule has 4 heteroatoms. The van der Waals surface area contributed by atoms with Gasteiger partial charge in [0.25, 0.3) is 0 Å². The van der Waals surface area contributed by atoms with Gasteiger partial charge in [-0.05, 0) is 32.1 Å². The van der Waals surface area contributed by atoms with Crippen molar-refractivity contribution in [2.24, 2.45) is 5.92 Å². The van der Waals surface area contributed by atoms with Crippen molar-refractivity contribution in [3.63, 3.8) is 0 Å². The van der Waals surface area contributed by atoms with Crippen LogP contribution in [0.1, 0.15) is 19.5 Å². The van der Waals surface area contributed by atoms with Gasteiger partial charge in [-0.2, -0.15) is 0 Å². The standard InChI is InChI=1S/C15H24N4/c1-12(2)14(11-18(3)4)16-9-13-10-19-8-6-5-7-15(19)17-13/h5-8,10,12,14,16H,9,11H2,1-4H3. The van der Waals surface area contributed by atoms with Crippen molar-refractivity contribution < 1.29 is 0 Å². The fourth-order valence-corrected chi connectivity index (χ4v) is 2.21. The van der Waals surface area contributed by atoms with Crippen LogP contribution in [0.4, 0.5) is 0 Å². The number of hydrogen-bond acceptors (Lipinski definition) is 3. The summed E-state index contributed by atoms with van der Waals surface area (Å²) < 4.78 is 2.06. The Kier molecular flexibility index (Phi) is 4.56. The average molecular weight is 260 g/mol. The first kappa shape index (κ1) is 14.0. The second kappa shape index (κ2) is 6.17. The highest BCUT2D eigenvalue weighted by molar-refractivity contribution is 5.39. The summed E-state index contributed by atoms with van der Waals surface area (Å²) in [7, 11) is 4.23. The summed E-state index contributed by atoms with van der Waals surface area (Å²) in [6, 6.07) is 6.56. The maximum atomic E-state index is 4.61. The largest absolute Gasteiger partial charge is 0.308 e. The van der Waals surface area contributed by atoms with E-state index in [-0.39, 0.29) is 0 Å². The van der Waals surface area contributed by atoms with Gasteiger partial charge in [-0.3, -0.25) is 0 Å². The van der Waals surface area contributed by atoms with E-state index in [2.05, 4.69) is 53.7 Å². The van der Waals surface area contributed by atoms with Gasteiger partial charge in [-0.25, -0.2) is 4.98 Å². The van der Waals surface area contributed by atoms with Crippen LogP contribution in [-0.2, 0) is 6.54 Å². The number of fused-ring (bicyclic) bond motifs is 1. The summed E-state index contributed by atoms with van der Waals surface area (Å²) in [5.74, 6) is 0.611. The average Bonchev–Trinajstić information content (AvgIpc) is 2.76. The topological polar surface area (TPSA) is 32.6 Å². The van der Waals surface area contributed by atoms with Gasteiger partial charge in [-0.15, -0.1) is 0 Å². The molecule has 0 radical (unpaired) electrons. The normalized spacial score (nSPS) is 13.6. The van der Waals surface area contributed by atoms with Gasteiger partial charge in [0, 0.05) is 31.5 Å². The zero-order valence-electron chi connectivity index (χ0n) is 12.3. The Morgan fingerprint density at radius 2 is 2.11 bits per heavy atom. The van der Waals surface area contributed by atoms with Crippen molar-refractivity contribution in [3.05, 3.63) is 36.3 Å². The van der Waals surface area contributed by atoms with Gasteiger partial charge >= 0.3 is 0 Å². The molecule has 0 aliphatic carbocycles. The maximum absolute atomic E-state index is 4.61. The van der Waals surface area contributed by atoms with Crippen LogP contribution in [-0.4, -0.2) is 41.0 Å². The molecule has 0 fully saturated rings. The molecule has 0 aromatic carbocycles. The Morgan fingerprint density at radius 3 is 2.74 bits per heavy atom. The fourth-order valence-electron chi connectivity index (χ4n) is 2.21. The third kappa shape index (κ3) is 3.78. The minimum atomic E-state index is 0.486. The summed E-state index contributed by atoms with van der Waals surface area (Å²) in [4.78, 5) is 6.83. The lowest BCUT2D eigenvalue weighted by Gasteiger charge is -2.25. The quantitative estimate of drug-likeness (QED) is 0.862. The predicted octanol–water partition coefficient (Wildman–Crippen LogP) is 2.01. The van der Waals surface area contributed by atoms with Crippen molar-refractivity contribution in [1.29, 1.82) is 0 Å². The SMILES string of the molecule is CC(C)C(CN(C)C)NCc1cn2ccccc2n1. The molecule has 0 spiro atoms. The van der Waals surface area contributed by atoms with Crippen molar-refractivity contribution in [3.8, 4) is 0 Å². The Bertz CT molecular complexity index is 483. The first-order valence-electron chi connectivity index (χ1n) is 6.87. The van der Waals surface area contributed by atoms with E-state index in [9.17, 15) is 0 Å². The molecule has 1 atom stereocenters. The van der Waals surface area contributed by atoms with Crippen LogP contribution in [0.2, 0.25) is 0 Å². The Hall–Kier alpha value is -1.39. The van der Waals surface area contributed by atoms with Crippen LogP contribution in [0.3, 0.4) is 0 Å². The molecule has 1 unspecified atom stereocenters. The highest BCUT2D eigenvalue weighted by atomic mass is 15.1. The van der Waals surface area contributed by atoms with Gasteiger partial charge < -0.3 is 14.6 Å². The first-order valence-corrected chi connectivity index (χ1v) is 6.87. The van der Waals surface area contributed by atoms with Crippen LogP contribution in [0, 0.1) is 5.92 Å². The summed E-state index contributed by atoms with van der Waals surface area (Å²) in [6.45, 7) is 6.37. The van der Waals surface area contributed by atoms with Gasteiger partial charge in [-0.1, -0.05) is 19.9 Å². The second-order valence-electron chi connectivity index (χ2n) is 5.69. The van der Waals surface area contributed by atoms with E-state index in [1.807, 2.05) is 24.4 Å².